The average Bonchev–Trinajstić information content (AvgIpc) is 0.791. The lowest BCUT2D eigenvalue weighted by Gasteiger charge is -2.46. The highest BCUT2D eigenvalue weighted by atomic mass is 32.2. The number of ether oxygens (including phenoxy) is 4. The summed E-state index contributed by atoms with van der Waals surface area (Å²) in [5.41, 5.74) is 4.17. The van der Waals surface area contributed by atoms with E-state index in [0.717, 1.165) is 56.2 Å². The van der Waals surface area contributed by atoms with Crippen LogP contribution in [0.5, 0.6) is 0 Å². The van der Waals surface area contributed by atoms with E-state index >= 15 is 0 Å². The van der Waals surface area contributed by atoms with Gasteiger partial charge >= 0.3 is 11.9 Å². The molecule has 0 bridgehead atoms. The highest BCUT2D eigenvalue weighted by Crippen LogP contribution is 2.37. The van der Waals surface area contributed by atoms with E-state index in [2.05, 4.69) is 31.9 Å². The summed E-state index contributed by atoms with van der Waals surface area (Å²) in [5, 5.41) is 103. The van der Waals surface area contributed by atoms with E-state index in [1.807, 2.05) is 42.5 Å². The van der Waals surface area contributed by atoms with Crippen molar-refractivity contribution in [2.45, 2.75) is 150 Å². The van der Waals surface area contributed by atoms with Gasteiger partial charge in [0.05, 0.1) is 49.7 Å². The first-order valence-electron chi connectivity index (χ1n) is 31.4. The lowest BCUT2D eigenvalue weighted by molar-refractivity contribution is -0.310. The van der Waals surface area contributed by atoms with Crippen molar-refractivity contribution in [1.82, 2.24) is 31.9 Å². The first kappa shape index (κ1) is 74.3. The van der Waals surface area contributed by atoms with Gasteiger partial charge in [0.2, 0.25) is 11.8 Å². The van der Waals surface area contributed by atoms with Crippen molar-refractivity contribution in [3.05, 3.63) is 131 Å². The standard InChI is InChI=1S/C66H86N6O20S2/c1-39(73)71-53-49(75)35-65(63(85)86,91-57(53)55(79)51(77)37-69-61(83)47-19-15-43(16-20-47)41-11-5-3-6-12-41)89-29-9-31-93-33-27-67-59(81)45-23-25-46(26-24-45)60(82)68-28-34-94-32-10-30-90-66(64(87)88)36-50(76)54(72-40(2)74)58(92-66)56(80)52(78)38-70-62(84)48-21-17-44(18-22-48)42-13-7-4-8-14-42/h3,5-6,11-12,15-26,42,49-58,75-80H,4,7-10,13-14,27-38H2,1-2H3,(H,67,81)(H,68,82)(H,69,83)(H,70,84)(H,71,73)(H,72,74)(H,85,86)(H,87,88)/t49-,50-,51+,52+,53+,54+,55+,56+,57+,58+,65+,66+/m0/s1. The van der Waals surface area contributed by atoms with Gasteiger partial charge in [-0.1, -0.05) is 73.9 Å². The van der Waals surface area contributed by atoms with Crippen molar-refractivity contribution in [3.8, 4) is 11.1 Å². The molecule has 4 aromatic rings. The molecular weight excluding hydrogens is 1260 g/mol. The van der Waals surface area contributed by atoms with Gasteiger partial charge in [-0.25, -0.2) is 9.59 Å². The van der Waals surface area contributed by atoms with Gasteiger partial charge in [-0.2, -0.15) is 23.5 Å². The van der Waals surface area contributed by atoms with Crippen LogP contribution in [0.4, 0.5) is 0 Å². The molecule has 3 aliphatic rings. The highest BCUT2D eigenvalue weighted by Gasteiger charge is 2.57. The van der Waals surface area contributed by atoms with E-state index in [4.69, 9.17) is 18.9 Å². The molecule has 6 amide bonds. The van der Waals surface area contributed by atoms with Gasteiger partial charge in [0.25, 0.3) is 35.2 Å². The number of benzene rings is 4. The summed E-state index contributed by atoms with van der Waals surface area (Å²) in [7, 11) is 0. The summed E-state index contributed by atoms with van der Waals surface area (Å²) in [4.78, 5) is 102. The van der Waals surface area contributed by atoms with Crippen LogP contribution < -0.4 is 31.9 Å². The van der Waals surface area contributed by atoms with Crippen LogP contribution in [-0.4, -0.2) is 223 Å². The van der Waals surface area contributed by atoms with Crippen LogP contribution >= 0.6 is 23.5 Å². The Morgan fingerprint density at radius 2 is 0.883 bits per heavy atom. The predicted octanol–water partition coefficient (Wildman–Crippen LogP) is 2.32. The maximum atomic E-state index is 13.0. The van der Waals surface area contributed by atoms with E-state index in [0.29, 0.717) is 58.5 Å². The third kappa shape index (κ3) is 21.0. The number of hydrogen-bond acceptors (Lipinski definition) is 20. The number of carboxylic acid groups (broad SMARTS) is 2. The molecule has 26 nitrogen and oxygen atoms in total. The second-order valence-corrected chi connectivity index (χ2v) is 25.9. The molecular formula is C66H86N6O20S2. The largest absolute Gasteiger partial charge is 0.477 e. The number of thioether (sulfide) groups is 2. The molecule has 4 aromatic carbocycles. The Balaban J connectivity index is 0.771. The van der Waals surface area contributed by atoms with Crippen molar-refractivity contribution in [3.63, 3.8) is 0 Å². The number of rotatable bonds is 34. The quantitative estimate of drug-likeness (QED) is 0.0298. The summed E-state index contributed by atoms with van der Waals surface area (Å²) in [6.45, 7) is 1.48. The van der Waals surface area contributed by atoms with E-state index in [9.17, 15) is 79.2 Å². The summed E-state index contributed by atoms with van der Waals surface area (Å²) < 4.78 is 23.2. The van der Waals surface area contributed by atoms with E-state index < -0.39 is 140 Å². The SMILES string of the molecule is CC(=O)N[C@H]1[C@H]([C@H](O)[C@H](O)CNC(=O)c2ccc(-c3ccccc3)cc2)O[C@@](OCCCSCCNC(=O)c2ccc(C(=O)NCCSCCCO[C@]3(C(=O)O)C[C@H](O)[C@@H](NC(C)=O)[C@H]([C@H](O)[C@H](O)CNC(=O)c4ccc(C5CCCCC5)cc4)O3)cc2)(C(=O)O)C[C@@H]1O. The normalized spacial score (nSPS) is 23.5. The number of amides is 6. The number of aliphatic hydroxyl groups excluding tert-OH is 6. The number of aliphatic carboxylic acids is 2. The third-order valence-electron chi connectivity index (χ3n) is 16.5. The molecule has 1 saturated carbocycles. The number of aliphatic hydroxyl groups is 6. The molecule has 512 valence electrons. The molecule has 7 rings (SSSR count). The van der Waals surface area contributed by atoms with E-state index in [1.165, 1.54) is 54.2 Å². The van der Waals surface area contributed by atoms with Crippen molar-refractivity contribution >= 4 is 70.9 Å². The van der Waals surface area contributed by atoms with Crippen molar-refractivity contribution in [2.24, 2.45) is 0 Å². The fourth-order valence-electron chi connectivity index (χ4n) is 11.4. The van der Waals surface area contributed by atoms with Crippen LogP contribution in [0, 0.1) is 0 Å². The van der Waals surface area contributed by atoms with Crippen LogP contribution in [0.15, 0.2) is 103 Å². The molecule has 14 N–H and O–H groups in total. The molecule has 0 aromatic heterocycles. The average molecular weight is 1350 g/mol. The maximum Gasteiger partial charge on any atom is 0.364 e. The number of carbonyl (C=O) groups is 8. The van der Waals surface area contributed by atoms with Crippen molar-refractivity contribution < 1.29 is 98.2 Å². The minimum absolute atomic E-state index is 0.174. The second kappa shape index (κ2) is 36.2. The van der Waals surface area contributed by atoms with Crippen LogP contribution in [-0.2, 0) is 38.1 Å². The first-order chi connectivity index (χ1) is 45.0. The molecule has 94 heavy (non-hydrogen) atoms. The van der Waals surface area contributed by atoms with Gasteiger partial charge in [0.1, 0.15) is 24.4 Å². The number of carbonyl (C=O) groups excluding carboxylic acids is 6. The molecule has 3 fully saturated rings. The zero-order valence-corrected chi connectivity index (χ0v) is 54.0. The summed E-state index contributed by atoms with van der Waals surface area (Å²) in [6.07, 6.45) is -8.88. The van der Waals surface area contributed by atoms with Crippen LogP contribution in [0.2, 0.25) is 0 Å². The molecule has 2 aliphatic heterocycles. The topological polar surface area (TPSA) is 408 Å². The monoisotopic (exact) mass is 1350 g/mol. The fourth-order valence-corrected chi connectivity index (χ4v) is 13.0. The van der Waals surface area contributed by atoms with Gasteiger partial charge in [0.15, 0.2) is 0 Å². The predicted molar refractivity (Wildman–Crippen MR) is 347 cm³/mol. The number of carboxylic acids is 2. The van der Waals surface area contributed by atoms with Gasteiger partial charge in [0, 0.05) is 86.6 Å². The van der Waals surface area contributed by atoms with Crippen molar-refractivity contribution in [2.75, 3.05) is 62.4 Å². The van der Waals surface area contributed by atoms with Gasteiger partial charge < -0.3 is 91.7 Å². The van der Waals surface area contributed by atoms with Crippen LogP contribution in [0.3, 0.4) is 0 Å². The van der Waals surface area contributed by atoms with Crippen LogP contribution in [0.1, 0.15) is 125 Å². The minimum Gasteiger partial charge on any atom is -0.477 e. The highest BCUT2D eigenvalue weighted by molar-refractivity contribution is 7.99. The fraction of sp³-hybridized carbons (Fsp3) is 0.515. The Morgan fingerprint density at radius 1 is 0.511 bits per heavy atom. The molecule has 12 atom stereocenters. The van der Waals surface area contributed by atoms with Crippen molar-refractivity contribution in [1.29, 1.82) is 0 Å². The van der Waals surface area contributed by atoms with Gasteiger partial charge in [-0.05, 0) is 108 Å². The lowest BCUT2D eigenvalue weighted by atomic mass is 9.84. The number of nitrogens with one attached hydrogen (secondary N) is 6. The summed E-state index contributed by atoms with van der Waals surface area (Å²) in [6, 6.07) is 26.7. The Kier molecular flexibility index (Phi) is 28.6. The molecule has 1 aliphatic carbocycles. The second-order valence-electron chi connectivity index (χ2n) is 23.4. The van der Waals surface area contributed by atoms with E-state index in [1.54, 1.807) is 36.4 Å². The Bertz CT molecular complexity index is 3150. The first-order valence-corrected chi connectivity index (χ1v) is 33.7. The lowest BCUT2D eigenvalue weighted by Crippen LogP contribution is -2.68. The Labute approximate surface area is 553 Å². The molecule has 28 heteroatoms. The summed E-state index contributed by atoms with van der Waals surface area (Å²) >= 11 is 2.85. The Hall–Kier alpha value is -7.06. The van der Waals surface area contributed by atoms with Gasteiger partial charge in [-0.15, -0.1) is 0 Å². The molecule has 2 heterocycles. The molecule has 0 radical (unpaired) electrons. The minimum atomic E-state index is -2.49. The third-order valence-corrected chi connectivity index (χ3v) is 18.6. The molecule has 0 unspecified atom stereocenters. The smallest absolute Gasteiger partial charge is 0.364 e. The zero-order chi connectivity index (χ0) is 68.0. The molecule has 2 saturated heterocycles. The molecule has 0 spiro atoms. The van der Waals surface area contributed by atoms with E-state index in [-0.39, 0.29) is 37.8 Å². The number of hydrogen-bond donors (Lipinski definition) is 14. The zero-order valence-electron chi connectivity index (χ0n) is 52.4. The van der Waals surface area contributed by atoms with Crippen LogP contribution in [0.25, 0.3) is 11.1 Å². The maximum absolute atomic E-state index is 13.0. The Morgan fingerprint density at radius 3 is 1.28 bits per heavy atom. The summed E-state index contributed by atoms with van der Waals surface area (Å²) in [5.74, 6) is -9.08. The van der Waals surface area contributed by atoms with Gasteiger partial charge in [-0.3, -0.25) is 28.8 Å².